The fourth-order valence-electron chi connectivity index (χ4n) is 3.63. The molecular weight excluding hydrogens is 469 g/mol. The van der Waals surface area contributed by atoms with E-state index in [-0.39, 0.29) is 37.1 Å². The van der Waals surface area contributed by atoms with Crippen molar-refractivity contribution in [3.8, 4) is 0 Å². The molecule has 0 unspecified atom stereocenters. The van der Waals surface area contributed by atoms with Gasteiger partial charge < -0.3 is 10.2 Å². The molecule has 1 atom stereocenters. The van der Waals surface area contributed by atoms with Crippen LogP contribution in [0.2, 0.25) is 0 Å². The molecule has 2 rings (SSSR count). The van der Waals surface area contributed by atoms with Gasteiger partial charge in [-0.1, -0.05) is 44.2 Å². The Morgan fingerprint density at radius 1 is 0.971 bits per heavy atom. The lowest BCUT2D eigenvalue weighted by molar-refractivity contribution is -0.140. The number of anilines is 1. The second-order valence-corrected chi connectivity index (χ2v) is 11.0. The molecule has 0 aromatic heterocycles. The van der Waals surface area contributed by atoms with E-state index in [4.69, 9.17) is 0 Å². The van der Waals surface area contributed by atoms with E-state index >= 15 is 0 Å². The summed E-state index contributed by atoms with van der Waals surface area (Å²) >= 11 is 0. The first-order chi connectivity index (χ1) is 16.5. The summed E-state index contributed by atoms with van der Waals surface area (Å²) in [6, 6.07) is 14.2. The van der Waals surface area contributed by atoms with Crippen molar-refractivity contribution in [3.63, 3.8) is 0 Å². The van der Waals surface area contributed by atoms with Gasteiger partial charge in [-0.3, -0.25) is 13.9 Å². The average molecular weight is 506 g/mol. The largest absolute Gasteiger partial charge is 0.354 e. The first kappa shape index (κ1) is 28.3. The average Bonchev–Trinajstić information content (AvgIpc) is 2.81. The first-order valence-electron chi connectivity index (χ1n) is 11.8. The van der Waals surface area contributed by atoms with Crippen LogP contribution in [0.5, 0.6) is 0 Å². The summed E-state index contributed by atoms with van der Waals surface area (Å²) < 4.78 is 39.0. The Kier molecular flexibility index (Phi) is 10.7. The number of hydrogen-bond acceptors (Lipinski definition) is 4. The summed E-state index contributed by atoms with van der Waals surface area (Å²) in [7, 11) is -3.62. The third-order valence-electron chi connectivity index (χ3n) is 5.60. The molecule has 2 aromatic rings. The molecule has 7 nitrogen and oxygen atoms in total. The van der Waals surface area contributed by atoms with E-state index in [0.717, 1.165) is 16.1 Å². The molecule has 2 amide bonds. The number of benzene rings is 2. The van der Waals surface area contributed by atoms with Crippen LogP contribution in [0.4, 0.5) is 10.1 Å². The van der Waals surface area contributed by atoms with Crippen LogP contribution >= 0.6 is 0 Å². The van der Waals surface area contributed by atoms with Crippen molar-refractivity contribution in [2.45, 2.75) is 46.1 Å². The van der Waals surface area contributed by atoms with Crippen LogP contribution in [0, 0.1) is 11.7 Å². The van der Waals surface area contributed by atoms with Gasteiger partial charge in [0.25, 0.3) is 0 Å². The lowest BCUT2D eigenvalue weighted by atomic mass is 10.1. The van der Waals surface area contributed by atoms with Crippen LogP contribution in [-0.2, 0) is 26.0 Å². The van der Waals surface area contributed by atoms with E-state index in [1.165, 1.54) is 24.3 Å². The maximum Gasteiger partial charge on any atom is 0.242 e. The van der Waals surface area contributed by atoms with Gasteiger partial charge in [0.2, 0.25) is 21.8 Å². The highest BCUT2D eigenvalue weighted by atomic mass is 32.2. The smallest absolute Gasteiger partial charge is 0.242 e. The summed E-state index contributed by atoms with van der Waals surface area (Å²) in [5.41, 5.74) is 1.39. The highest BCUT2D eigenvalue weighted by Gasteiger charge is 2.26. The Hall–Kier alpha value is -2.94. The van der Waals surface area contributed by atoms with Gasteiger partial charge in [0.1, 0.15) is 11.9 Å². The molecule has 2 aromatic carbocycles. The van der Waals surface area contributed by atoms with E-state index in [1.807, 2.05) is 44.2 Å². The molecule has 0 aliphatic heterocycles. The molecule has 0 radical (unpaired) electrons. The Labute approximate surface area is 208 Å². The fourth-order valence-corrected chi connectivity index (χ4v) is 4.60. The predicted octanol–water partition coefficient (Wildman–Crippen LogP) is 3.60. The Bertz CT molecular complexity index is 1060. The van der Waals surface area contributed by atoms with Crippen molar-refractivity contribution in [1.29, 1.82) is 0 Å². The topological polar surface area (TPSA) is 86.8 Å². The Morgan fingerprint density at radius 3 is 2.17 bits per heavy atom. The minimum Gasteiger partial charge on any atom is -0.354 e. The standard InChI is InChI=1S/C26H36FN3O4S/c1-20(2)19-28-26(32)21(3)29(18-16-22-9-6-5-7-10-22)25(31)11-8-17-30(35(4,33)34)24-14-12-23(27)13-15-24/h5-7,9-10,12-15,20-21H,8,11,16-19H2,1-4H3,(H,28,32)/t21-/m0/s1. The number of carbonyl (C=O) groups excluding carboxylic acids is 2. The summed E-state index contributed by atoms with van der Waals surface area (Å²) in [5, 5.41) is 2.88. The number of nitrogens with zero attached hydrogens (tertiary/aromatic N) is 2. The molecule has 35 heavy (non-hydrogen) atoms. The first-order valence-corrected chi connectivity index (χ1v) is 13.7. The summed E-state index contributed by atoms with van der Waals surface area (Å²) in [5.74, 6) is -0.617. The molecule has 0 aliphatic carbocycles. The van der Waals surface area contributed by atoms with Crippen molar-refractivity contribution in [2.24, 2.45) is 5.92 Å². The molecule has 1 N–H and O–H groups in total. The third-order valence-corrected chi connectivity index (χ3v) is 6.80. The number of carbonyl (C=O) groups is 2. The van der Waals surface area contributed by atoms with E-state index in [2.05, 4.69) is 5.32 Å². The predicted molar refractivity (Wildman–Crippen MR) is 137 cm³/mol. The lowest BCUT2D eigenvalue weighted by Gasteiger charge is -2.29. The monoisotopic (exact) mass is 505 g/mol. The van der Waals surface area contributed by atoms with E-state index in [9.17, 15) is 22.4 Å². The number of amides is 2. The van der Waals surface area contributed by atoms with Gasteiger partial charge in [0, 0.05) is 26.1 Å². The maximum absolute atomic E-state index is 13.3. The fraction of sp³-hybridized carbons (Fsp3) is 0.462. The van der Waals surface area contributed by atoms with Crippen LogP contribution in [0.15, 0.2) is 54.6 Å². The number of halogens is 1. The van der Waals surface area contributed by atoms with Crippen molar-refractivity contribution >= 4 is 27.5 Å². The molecule has 192 valence electrons. The normalized spacial score (nSPS) is 12.3. The zero-order valence-electron chi connectivity index (χ0n) is 20.9. The van der Waals surface area contributed by atoms with Crippen LogP contribution < -0.4 is 9.62 Å². The number of sulfonamides is 1. The second-order valence-electron chi connectivity index (χ2n) is 9.05. The summed E-state index contributed by atoms with van der Waals surface area (Å²) in [6.45, 7) is 6.66. The van der Waals surface area contributed by atoms with Crippen molar-refractivity contribution < 1.29 is 22.4 Å². The zero-order chi connectivity index (χ0) is 26.0. The summed E-state index contributed by atoms with van der Waals surface area (Å²) in [4.78, 5) is 27.5. The van der Waals surface area contributed by atoms with Crippen molar-refractivity contribution in [3.05, 3.63) is 66.0 Å². The van der Waals surface area contributed by atoms with Gasteiger partial charge in [0.05, 0.1) is 11.9 Å². The quantitative estimate of drug-likeness (QED) is 0.451. The number of rotatable bonds is 13. The number of nitrogens with one attached hydrogen (secondary N) is 1. The molecule has 0 saturated carbocycles. The van der Waals surface area contributed by atoms with Crippen molar-refractivity contribution in [2.75, 3.05) is 30.2 Å². The Balaban J connectivity index is 2.09. The molecule has 0 fully saturated rings. The third kappa shape index (κ3) is 9.32. The molecule has 0 spiro atoms. The Morgan fingerprint density at radius 2 is 1.60 bits per heavy atom. The molecule has 9 heteroatoms. The molecular formula is C26H36FN3O4S. The van der Waals surface area contributed by atoms with Crippen LogP contribution in [0.3, 0.4) is 0 Å². The molecule has 0 bridgehead atoms. The van der Waals surface area contributed by atoms with Crippen molar-refractivity contribution in [1.82, 2.24) is 10.2 Å². The highest BCUT2D eigenvalue weighted by molar-refractivity contribution is 7.92. The van der Waals surface area contributed by atoms with Crippen LogP contribution in [0.1, 0.15) is 39.2 Å². The zero-order valence-corrected chi connectivity index (χ0v) is 21.7. The minimum absolute atomic E-state index is 0.0661. The van der Waals surface area contributed by atoms with E-state index in [0.29, 0.717) is 25.2 Å². The van der Waals surface area contributed by atoms with Gasteiger partial charge in [-0.15, -0.1) is 0 Å². The van der Waals surface area contributed by atoms with Gasteiger partial charge >= 0.3 is 0 Å². The molecule has 0 saturated heterocycles. The van der Waals surface area contributed by atoms with E-state index in [1.54, 1.807) is 11.8 Å². The maximum atomic E-state index is 13.3. The van der Waals surface area contributed by atoms with Gasteiger partial charge in [0.15, 0.2) is 0 Å². The molecule has 0 aliphatic rings. The minimum atomic E-state index is -3.62. The van der Waals surface area contributed by atoms with Crippen LogP contribution in [-0.4, -0.2) is 57.1 Å². The highest BCUT2D eigenvalue weighted by Crippen LogP contribution is 2.19. The SMILES string of the molecule is CC(C)CNC(=O)[C@H](C)N(CCc1ccccc1)C(=O)CCCN(c1ccc(F)cc1)S(C)(=O)=O. The lowest BCUT2D eigenvalue weighted by Crippen LogP contribution is -2.49. The van der Waals surface area contributed by atoms with Crippen LogP contribution in [0.25, 0.3) is 0 Å². The second kappa shape index (κ2) is 13.2. The number of hydrogen-bond donors (Lipinski definition) is 1. The van der Waals surface area contributed by atoms with Gasteiger partial charge in [-0.05, 0) is 55.5 Å². The summed E-state index contributed by atoms with van der Waals surface area (Å²) in [6.07, 6.45) is 2.00. The van der Waals surface area contributed by atoms with Gasteiger partial charge in [-0.2, -0.15) is 0 Å². The van der Waals surface area contributed by atoms with Gasteiger partial charge in [-0.25, -0.2) is 12.8 Å². The molecule has 0 heterocycles. The van der Waals surface area contributed by atoms with E-state index < -0.39 is 21.9 Å².